The molecule has 1 aliphatic carbocycles. The maximum atomic E-state index is 13.3. The molecule has 108 valence electrons. The van der Waals surface area contributed by atoms with Gasteiger partial charge in [-0.2, -0.15) is 0 Å². The van der Waals surface area contributed by atoms with Crippen LogP contribution in [0, 0.1) is 21.8 Å². The molecule has 1 fully saturated rings. The second kappa shape index (κ2) is 6.30. The van der Waals surface area contributed by atoms with Crippen LogP contribution in [0.25, 0.3) is 0 Å². The average Bonchev–Trinajstić information content (AvgIpc) is 2.81. The lowest BCUT2D eigenvalue weighted by molar-refractivity contribution is -0.385. The van der Waals surface area contributed by atoms with Gasteiger partial charge < -0.3 is 5.32 Å². The molecule has 2 rings (SSSR count). The fourth-order valence-corrected chi connectivity index (χ4v) is 3.14. The summed E-state index contributed by atoms with van der Waals surface area (Å²) in [5, 5.41) is 13.3. The van der Waals surface area contributed by atoms with E-state index in [1.807, 2.05) is 0 Å². The van der Waals surface area contributed by atoms with Gasteiger partial charge in [0.25, 0.3) is 11.6 Å². The van der Waals surface area contributed by atoms with Crippen molar-refractivity contribution in [1.82, 2.24) is 5.32 Å². The van der Waals surface area contributed by atoms with Gasteiger partial charge in [-0.05, 0) is 31.2 Å². The minimum absolute atomic E-state index is 0.0231. The molecule has 0 saturated heterocycles. The molecule has 20 heavy (non-hydrogen) atoms. The second-order valence-electron chi connectivity index (χ2n) is 4.94. The number of benzene rings is 1. The number of nitro benzene ring substituents is 1. The van der Waals surface area contributed by atoms with Crippen LogP contribution in [0.5, 0.6) is 0 Å². The lowest BCUT2D eigenvalue weighted by Crippen LogP contribution is -2.28. The van der Waals surface area contributed by atoms with Crippen molar-refractivity contribution < 1.29 is 14.1 Å². The van der Waals surface area contributed by atoms with Crippen molar-refractivity contribution in [1.29, 1.82) is 0 Å². The lowest BCUT2D eigenvalue weighted by Gasteiger charge is -2.11. The van der Waals surface area contributed by atoms with Crippen LogP contribution in [0.3, 0.4) is 0 Å². The second-order valence-corrected chi connectivity index (χ2v) is 6.24. The number of rotatable bonds is 4. The average molecular weight is 345 g/mol. The highest BCUT2D eigenvalue weighted by Crippen LogP contribution is 2.30. The van der Waals surface area contributed by atoms with Gasteiger partial charge in [0.2, 0.25) is 0 Å². The molecule has 0 spiro atoms. The van der Waals surface area contributed by atoms with E-state index in [0.29, 0.717) is 17.3 Å². The Morgan fingerprint density at radius 3 is 2.80 bits per heavy atom. The summed E-state index contributed by atoms with van der Waals surface area (Å²) in [4.78, 5) is 22.3. The molecule has 0 aromatic heterocycles. The van der Waals surface area contributed by atoms with E-state index in [-0.39, 0.29) is 5.56 Å². The maximum Gasteiger partial charge on any atom is 0.273 e. The molecule has 2 atom stereocenters. The third-order valence-corrected chi connectivity index (χ3v) is 4.22. The Morgan fingerprint density at radius 1 is 1.45 bits per heavy atom. The Balaban J connectivity index is 2.00. The van der Waals surface area contributed by atoms with Crippen molar-refractivity contribution in [2.75, 3.05) is 6.54 Å². The number of nitrogens with one attached hydrogen (secondary N) is 1. The Morgan fingerprint density at radius 2 is 2.20 bits per heavy atom. The smallest absolute Gasteiger partial charge is 0.273 e. The highest BCUT2D eigenvalue weighted by Gasteiger charge is 2.23. The molecule has 5 nitrogen and oxygen atoms in total. The van der Waals surface area contributed by atoms with Gasteiger partial charge in [-0.15, -0.1) is 0 Å². The van der Waals surface area contributed by atoms with E-state index in [1.165, 1.54) is 0 Å². The Labute approximate surface area is 123 Å². The van der Waals surface area contributed by atoms with Gasteiger partial charge in [-0.1, -0.05) is 15.9 Å². The summed E-state index contributed by atoms with van der Waals surface area (Å²) in [6.45, 7) is 0.505. The third kappa shape index (κ3) is 3.75. The van der Waals surface area contributed by atoms with Gasteiger partial charge in [0.15, 0.2) is 0 Å². The summed E-state index contributed by atoms with van der Waals surface area (Å²) in [6.07, 6.45) is 3.09. The standard InChI is InChI=1S/C13H14BrFN2O3/c14-10-2-1-8(3-10)7-16-13(18)9-4-11(15)6-12(5-9)17(19)20/h4-6,8,10H,1-3,7H2,(H,16,18). The lowest BCUT2D eigenvalue weighted by atomic mass is 10.1. The normalized spacial score (nSPS) is 21.7. The zero-order chi connectivity index (χ0) is 14.7. The molecular formula is C13H14BrFN2O3. The maximum absolute atomic E-state index is 13.3. The van der Waals surface area contributed by atoms with Crippen LogP contribution < -0.4 is 5.32 Å². The molecule has 1 saturated carbocycles. The summed E-state index contributed by atoms with van der Waals surface area (Å²) in [5.41, 5.74) is -0.443. The number of amides is 1. The SMILES string of the molecule is O=C(NCC1CCC(Br)C1)c1cc(F)cc([N+](=O)[O-])c1. The number of hydrogen-bond donors (Lipinski definition) is 1. The monoisotopic (exact) mass is 344 g/mol. The van der Waals surface area contributed by atoms with Crippen molar-refractivity contribution >= 4 is 27.5 Å². The predicted octanol–water partition coefficient (Wildman–Crippen LogP) is 3.03. The zero-order valence-corrected chi connectivity index (χ0v) is 12.2. The molecule has 1 N–H and O–H groups in total. The van der Waals surface area contributed by atoms with E-state index in [4.69, 9.17) is 0 Å². The van der Waals surface area contributed by atoms with E-state index >= 15 is 0 Å². The van der Waals surface area contributed by atoms with Crippen LogP contribution >= 0.6 is 15.9 Å². The van der Waals surface area contributed by atoms with Gasteiger partial charge in [-0.25, -0.2) is 4.39 Å². The minimum atomic E-state index is -0.786. The van der Waals surface area contributed by atoms with Crippen LogP contribution in [0.1, 0.15) is 29.6 Å². The molecule has 0 radical (unpaired) electrons. The van der Waals surface area contributed by atoms with E-state index in [2.05, 4.69) is 21.2 Å². The number of alkyl halides is 1. The van der Waals surface area contributed by atoms with Crippen LogP contribution in [-0.4, -0.2) is 22.2 Å². The van der Waals surface area contributed by atoms with Crippen molar-refractivity contribution in [3.8, 4) is 0 Å². The summed E-state index contributed by atoms with van der Waals surface area (Å²) >= 11 is 3.53. The highest BCUT2D eigenvalue weighted by atomic mass is 79.9. The molecule has 1 aromatic carbocycles. The molecule has 7 heteroatoms. The summed E-state index contributed by atoms with van der Waals surface area (Å²) < 4.78 is 13.3. The topological polar surface area (TPSA) is 72.2 Å². The van der Waals surface area contributed by atoms with E-state index in [9.17, 15) is 19.3 Å². The third-order valence-electron chi connectivity index (χ3n) is 3.38. The summed E-state index contributed by atoms with van der Waals surface area (Å²) in [5.74, 6) is -0.872. The molecule has 0 heterocycles. The number of carbonyl (C=O) groups excluding carboxylic acids is 1. The molecule has 2 unspecified atom stereocenters. The van der Waals surface area contributed by atoms with Crippen LogP contribution in [-0.2, 0) is 0 Å². The molecule has 1 aromatic rings. The van der Waals surface area contributed by atoms with Gasteiger partial charge in [-0.3, -0.25) is 14.9 Å². The van der Waals surface area contributed by atoms with Crippen molar-refractivity contribution in [3.63, 3.8) is 0 Å². The molecule has 0 bridgehead atoms. The number of hydrogen-bond acceptors (Lipinski definition) is 3. The van der Waals surface area contributed by atoms with Crippen LogP contribution in [0.4, 0.5) is 10.1 Å². The highest BCUT2D eigenvalue weighted by molar-refractivity contribution is 9.09. The van der Waals surface area contributed by atoms with Crippen molar-refractivity contribution in [2.45, 2.75) is 24.1 Å². The van der Waals surface area contributed by atoms with Crippen molar-refractivity contribution in [3.05, 3.63) is 39.7 Å². The first kappa shape index (κ1) is 14.9. The van der Waals surface area contributed by atoms with Crippen LogP contribution in [0.15, 0.2) is 18.2 Å². The number of halogens is 2. The Kier molecular flexibility index (Phi) is 4.69. The van der Waals surface area contributed by atoms with Gasteiger partial charge in [0, 0.05) is 23.0 Å². The Bertz CT molecular complexity index is 538. The van der Waals surface area contributed by atoms with Crippen LogP contribution in [0.2, 0.25) is 0 Å². The number of nitrogens with zero attached hydrogens (tertiary/aromatic N) is 1. The molecule has 1 aliphatic rings. The molecular weight excluding hydrogens is 331 g/mol. The molecule has 1 amide bonds. The predicted molar refractivity (Wildman–Crippen MR) is 75.4 cm³/mol. The first-order valence-corrected chi connectivity index (χ1v) is 7.24. The first-order chi connectivity index (χ1) is 9.45. The van der Waals surface area contributed by atoms with Gasteiger partial charge >= 0.3 is 0 Å². The number of carbonyl (C=O) groups is 1. The minimum Gasteiger partial charge on any atom is -0.352 e. The van der Waals surface area contributed by atoms with E-state index < -0.39 is 22.3 Å². The Hall–Kier alpha value is -1.50. The van der Waals surface area contributed by atoms with E-state index in [1.54, 1.807) is 0 Å². The largest absolute Gasteiger partial charge is 0.352 e. The molecule has 0 aliphatic heterocycles. The summed E-state index contributed by atoms with van der Waals surface area (Å²) in [7, 11) is 0. The van der Waals surface area contributed by atoms with Crippen molar-refractivity contribution in [2.24, 2.45) is 5.92 Å². The number of non-ortho nitro benzene ring substituents is 1. The number of nitro groups is 1. The fourth-order valence-electron chi connectivity index (χ4n) is 2.35. The first-order valence-electron chi connectivity index (χ1n) is 6.33. The summed E-state index contributed by atoms with van der Waals surface area (Å²) in [6, 6.07) is 2.88. The fraction of sp³-hybridized carbons (Fsp3) is 0.462. The van der Waals surface area contributed by atoms with Gasteiger partial charge in [0.05, 0.1) is 11.0 Å². The van der Waals surface area contributed by atoms with Gasteiger partial charge in [0.1, 0.15) is 5.82 Å². The zero-order valence-electron chi connectivity index (χ0n) is 10.6. The van der Waals surface area contributed by atoms with E-state index in [0.717, 1.165) is 37.5 Å². The quantitative estimate of drug-likeness (QED) is 0.518.